The molecular formula is C12H14ClN3O. The fraction of sp³-hybridized carbons (Fsp3) is 0.333. The lowest BCUT2D eigenvalue weighted by Crippen LogP contribution is -1.96. The highest BCUT2D eigenvalue weighted by atomic mass is 35.5. The molecule has 4 nitrogen and oxygen atoms in total. The zero-order valence-electron chi connectivity index (χ0n) is 9.77. The van der Waals surface area contributed by atoms with Gasteiger partial charge in [0.25, 0.3) is 5.89 Å². The first-order valence-electron chi connectivity index (χ1n) is 5.44. The van der Waals surface area contributed by atoms with Gasteiger partial charge in [-0.1, -0.05) is 30.6 Å². The summed E-state index contributed by atoms with van der Waals surface area (Å²) in [6.07, 6.45) is 0.789. The average molecular weight is 252 g/mol. The molecule has 1 aromatic carbocycles. The predicted octanol–water partition coefficient (Wildman–Crippen LogP) is 3.17. The summed E-state index contributed by atoms with van der Waals surface area (Å²) in [4.78, 5) is 4.31. The Morgan fingerprint density at radius 1 is 1.41 bits per heavy atom. The van der Waals surface area contributed by atoms with Crippen LogP contribution in [0.1, 0.15) is 19.7 Å². The molecule has 2 rings (SSSR count). The Labute approximate surface area is 105 Å². The molecule has 90 valence electrons. The third kappa shape index (κ3) is 2.77. The molecule has 0 saturated carbocycles. The molecule has 5 heteroatoms. The Bertz CT molecular complexity index is 522. The Kier molecular flexibility index (Phi) is 3.33. The van der Waals surface area contributed by atoms with Gasteiger partial charge in [-0.15, -0.1) is 0 Å². The van der Waals surface area contributed by atoms with Crippen LogP contribution in [0.4, 0.5) is 5.69 Å². The minimum absolute atomic E-state index is 0.440. The minimum Gasteiger partial charge on any atom is -0.398 e. The van der Waals surface area contributed by atoms with Crippen molar-refractivity contribution in [1.82, 2.24) is 10.1 Å². The van der Waals surface area contributed by atoms with Crippen LogP contribution in [0.25, 0.3) is 11.5 Å². The summed E-state index contributed by atoms with van der Waals surface area (Å²) in [7, 11) is 0. The van der Waals surface area contributed by atoms with Gasteiger partial charge in [-0.25, -0.2) is 0 Å². The molecule has 0 bridgehead atoms. The number of hydrogen-bond acceptors (Lipinski definition) is 4. The average Bonchev–Trinajstić information content (AvgIpc) is 2.65. The monoisotopic (exact) mass is 251 g/mol. The van der Waals surface area contributed by atoms with E-state index in [9.17, 15) is 0 Å². The molecule has 17 heavy (non-hydrogen) atoms. The summed E-state index contributed by atoms with van der Waals surface area (Å²) in [6, 6.07) is 5.20. The standard InChI is InChI=1S/C12H14ClN3O/c1-7(2)5-11-15-12(17-16-11)9-4-3-8(13)6-10(9)14/h3-4,6-7H,5,14H2,1-2H3. The molecular weight excluding hydrogens is 238 g/mol. The maximum absolute atomic E-state index is 5.85. The van der Waals surface area contributed by atoms with Crippen LogP contribution in [0.2, 0.25) is 5.02 Å². The molecule has 1 aromatic heterocycles. The van der Waals surface area contributed by atoms with E-state index in [1.165, 1.54) is 0 Å². The van der Waals surface area contributed by atoms with E-state index in [1.807, 2.05) is 0 Å². The van der Waals surface area contributed by atoms with Crippen LogP contribution in [-0.4, -0.2) is 10.1 Å². The van der Waals surface area contributed by atoms with Gasteiger partial charge in [-0.2, -0.15) is 4.98 Å². The van der Waals surface area contributed by atoms with Crippen LogP contribution in [0.5, 0.6) is 0 Å². The van der Waals surface area contributed by atoms with Crippen molar-refractivity contribution in [3.63, 3.8) is 0 Å². The molecule has 2 N–H and O–H groups in total. The molecule has 2 aromatic rings. The lowest BCUT2D eigenvalue weighted by Gasteiger charge is -2.00. The van der Waals surface area contributed by atoms with Gasteiger partial charge < -0.3 is 10.3 Å². The Morgan fingerprint density at radius 2 is 2.18 bits per heavy atom. The summed E-state index contributed by atoms with van der Waals surface area (Å²) in [6.45, 7) is 4.21. The van der Waals surface area contributed by atoms with E-state index in [1.54, 1.807) is 18.2 Å². The van der Waals surface area contributed by atoms with Gasteiger partial charge in [0.15, 0.2) is 5.82 Å². The third-order valence-electron chi connectivity index (χ3n) is 2.30. The summed E-state index contributed by atoms with van der Waals surface area (Å²) >= 11 is 5.83. The Balaban J connectivity index is 2.30. The fourth-order valence-electron chi connectivity index (χ4n) is 1.54. The lowest BCUT2D eigenvalue weighted by molar-refractivity contribution is 0.418. The molecule has 0 aliphatic carbocycles. The van der Waals surface area contributed by atoms with Crippen LogP contribution in [0.3, 0.4) is 0 Å². The molecule has 0 radical (unpaired) electrons. The maximum atomic E-state index is 5.85. The number of aromatic nitrogens is 2. The highest BCUT2D eigenvalue weighted by Crippen LogP contribution is 2.27. The predicted molar refractivity (Wildman–Crippen MR) is 67.7 cm³/mol. The van der Waals surface area contributed by atoms with Crippen LogP contribution in [0, 0.1) is 5.92 Å². The number of nitrogens with two attached hydrogens (primary N) is 1. The number of halogens is 1. The summed E-state index contributed by atoms with van der Waals surface area (Å²) in [5.41, 5.74) is 7.11. The van der Waals surface area contributed by atoms with Crippen LogP contribution in [0.15, 0.2) is 22.7 Å². The SMILES string of the molecule is CC(C)Cc1noc(-c2ccc(Cl)cc2N)n1. The van der Waals surface area contributed by atoms with E-state index in [4.69, 9.17) is 21.9 Å². The Morgan fingerprint density at radius 3 is 2.82 bits per heavy atom. The molecule has 1 heterocycles. The van der Waals surface area contributed by atoms with Crippen molar-refractivity contribution in [3.8, 4) is 11.5 Å². The van der Waals surface area contributed by atoms with Crippen molar-refractivity contribution in [3.05, 3.63) is 29.0 Å². The normalized spacial score (nSPS) is 11.1. The van der Waals surface area contributed by atoms with E-state index in [2.05, 4.69) is 24.0 Å². The summed E-state index contributed by atoms with van der Waals surface area (Å²) in [5, 5.41) is 4.51. The number of rotatable bonds is 3. The number of hydrogen-bond donors (Lipinski definition) is 1. The van der Waals surface area contributed by atoms with Crippen LogP contribution < -0.4 is 5.73 Å². The zero-order chi connectivity index (χ0) is 12.4. The topological polar surface area (TPSA) is 64.9 Å². The van der Waals surface area contributed by atoms with Crippen molar-refractivity contribution in [1.29, 1.82) is 0 Å². The quantitative estimate of drug-likeness (QED) is 0.851. The van der Waals surface area contributed by atoms with E-state index < -0.39 is 0 Å². The fourth-order valence-corrected chi connectivity index (χ4v) is 1.72. The molecule has 0 amide bonds. The van der Waals surface area contributed by atoms with Gasteiger partial charge in [0.1, 0.15) is 0 Å². The van der Waals surface area contributed by atoms with Gasteiger partial charge in [-0.3, -0.25) is 0 Å². The van der Waals surface area contributed by atoms with Gasteiger partial charge in [0, 0.05) is 17.1 Å². The van der Waals surface area contributed by atoms with Gasteiger partial charge in [-0.05, 0) is 24.1 Å². The molecule has 0 aliphatic heterocycles. The van der Waals surface area contributed by atoms with E-state index in [-0.39, 0.29) is 0 Å². The van der Waals surface area contributed by atoms with Crippen molar-refractivity contribution >= 4 is 17.3 Å². The van der Waals surface area contributed by atoms with E-state index in [0.717, 1.165) is 12.0 Å². The zero-order valence-corrected chi connectivity index (χ0v) is 10.5. The number of benzene rings is 1. The van der Waals surface area contributed by atoms with E-state index >= 15 is 0 Å². The largest absolute Gasteiger partial charge is 0.398 e. The second-order valence-electron chi connectivity index (χ2n) is 4.35. The van der Waals surface area contributed by atoms with Crippen molar-refractivity contribution in [2.75, 3.05) is 5.73 Å². The number of anilines is 1. The second kappa shape index (κ2) is 4.75. The molecule has 0 unspecified atom stereocenters. The third-order valence-corrected chi connectivity index (χ3v) is 2.54. The van der Waals surface area contributed by atoms with Crippen LogP contribution >= 0.6 is 11.6 Å². The van der Waals surface area contributed by atoms with Gasteiger partial charge in [0.2, 0.25) is 0 Å². The second-order valence-corrected chi connectivity index (χ2v) is 4.78. The first-order chi connectivity index (χ1) is 8.06. The summed E-state index contributed by atoms with van der Waals surface area (Å²) < 4.78 is 5.19. The highest BCUT2D eigenvalue weighted by molar-refractivity contribution is 6.31. The maximum Gasteiger partial charge on any atom is 0.260 e. The molecule has 0 aliphatic rings. The lowest BCUT2D eigenvalue weighted by atomic mass is 10.1. The number of nitrogen functional groups attached to an aromatic ring is 1. The Hall–Kier alpha value is -1.55. The van der Waals surface area contributed by atoms with Gasteiger partial charge >= 0.3 is 0 Å². The molecule has 0 atom stereocenters. The molecule has 0 spiro atoms. The van der Waals surface area contributed by atoms with Crippen LogP contribution in [-0.2, 0) is 6.42 Å². The summed E-state index contributed by atoms with van der Waals surface area (Å²) in [5.74, 6) is 1.63. The first-order valence-corrected chi connectivity index (χ1v) is 5.82. The van der Waals surface area contributed by atoms with Gasteiger partial charge in [0.05, 0.1) is 5.56 Å². The minimum atomic E-state index is 0.440. The molecule has 0 fully saturated rings. The molecule has 0 saturated heterocycles. The van der Waals surface area contributed by atoms with Crippen molar-refractivity contribution < 1.29 is 4.52 Å². The smallest absolute Gasteiger partial charge is 0.260 e. The first kappa shape index (κ1) is 11.9. The number of nitrogens with zero attached hydrogens (tertiary/aromatic N) is 2. The van der Waals surface area contributed by atoms with Crippen molar-refractivity contribution in [2.24, 2.45) is 5.92 Å². The van der Waals surface area contributed by atoms with E-state index in [0.29, 0.717) is 28.3 Å². The van der Waals surface area contributed by atoms with Crippen molar-refractivity contribution in [2.45, 2.75) is 20.3 Å². The highest BCUT2D eigenvalue weighted by Gasteiger charge is 2.12.